The quantitative estimate of drug-likeness (QED) is 0.349. The lowest BCUT2D eigenvalue weighted by atomic mass is 9.94. The molecule has 1 aromatic heterocycles. The lowest BCUT2D eigenvalue weighted by Crippen LogP contribution is -2.50. The van der Waals surface area contributed by atoms with E-state index in [2.05, 4.69) is 51.8 Å². The number of aliphatic hydroxyl groups is 1. The summed E-state index contributed by atoms with van der Waals surface area (Å²) >= 11 is 1.79. The Balaban J connectivity index is 1.39. The summed E-state index contributed by atoms with van der Waals surface area (Å²) < 4.78 is 4.44. The number of nitrogens with one attached hydrogen (secondary N) is 2. The zero-order valence-electron chi connectivity index (χ0n) is 22.1. The maximum absolute atomic E-state index is 13.7. The molecular weight excluding hydrogens is 480 g/mol. The number of amides is 1. The van der Waals surface area contributed by atoms with Crippen LogP contribution in [0.15, 0.2) is 48.7 Å². The molecule has 37 heavy (non-hydrogen) atoms. The zero-order chi connectivity index (χ0) is 25.8. The molecule has 0 saturated heterocycles. The number of rotatable bonds is 9. The Morgan fingerprint density at radius 1 is 1.16 bits per heavy atom. The van der Waals surface area contributed by atoms with Gasteiger partial charge < -0.3 is 24.6 Å². The van der Waals surface area contributed by atoms with Crippen LogP contribution in [0.1, 0.15) is 60.5 Å². The van der Waals surface area contributed by atoms with E-state index in [1.54, 1.807) is 11.9 Å². The van der Waals surface area contributed by atoms with Crippen LogP contribution in [-0.4, -0.2) is 53.1 Å². The van der Waals surface area contributed by atoms with E-state index in [4.69, 9.17) is 0 Å². The highest BCUT2D eigenvalue weighted by atomic mass is 32.2. The summed E-state index contributed by atoms with van der Waals surface area (Å²) in [7, 11) is 2.08. The van der Waals surface area contributed by atoms with Crippen LogP contribution in [0.4, 0.5) is 5.69 Å². The van der Waals surface area contributed by atoms with Gasteiger partial charge in [-0.05, 0) is 67.8 Å². The molecule has 0 spiro atoms. The number of aryl methyl sites for hydroxylation is 2. The van der Waals surface area contributed by atoms with Crippen molar-refractivity contribution in [2.24, 2.45) is 0 Å². The van der Waals surface area contributed by atoms with Gasteiger partial charge in [-0.2, -0.15) is 0 Å². The summed E-state index contributed by atoms with van der Waals surface area (Å²) in [5, 5.41) is 19.3. The molecule has 2 heterocycles. The normalized spacial score (nSPS) is 18.0. The van der Waals surface area contributed by atoms with Crippen LogP contribution in [0.5, 0.6) is 0 Å². The fraction of sp³-hybridized carbons (Fsp3) is 0.500. The fourth-order valence-electron chi connectivity index (χ4n) is 5.82. The minimum atomic E-state index is -0.680. The second-order valence-electron chi connectivity index (χ2n) is 10.5. The summed E-state index contributed by atoms with van der Waals surface area (Å²) in [6, 6.07) is 14.2. The monoisotopic (exact) mass is 520 g/mol. The van der Waals surface area contributed by atoms with Crippen molar-refractivity contribution in [2.45, 2.75) is 76.6 Å². The largest absolute Gasteiger partial charge is 0.390 e. The van der Waals surface area contributed by atoms with E-state index in [9.17, 15) is 9.90 Å². The third-order valence-electron chi connectivity index (χ3n) is 7.94. The van der Waals surface area contributed by atoms with Crippen molar-refractivity contribution in [3.05, 3.63) is 65.4 Å². The van der Waals surface area contributed by atoms with Crippen LogP contribution in [0.3, 0.4) is 0 Å². The van der Waals surface area contributed by atoms with Gasteiger partial charge in [0.1, 0.15) is 0 Å². The first-order chi connectivity index (χ1) is 18.0. The van der Waals surface area contributed by atoms with Crippen molar-refractivity contribution < 1.29 is 9.90 Å². The maximum atomic E-state index is 13.7. The highest BCUT2D eigenvalue weighted by Crippen LogP contribution is 2.38. The zero-order valence-corrected chi connectivity index (χ0v) is 22.9. The molecule has 0 unspecified atom stereocenters. The van der Waals surface area contributed by atoms with E-state index in [-0.39, 0.29) is 11.9 Å². The highest BCUT2D eigenvalue weighted by Gasteiger charge is 2.26. The number of carbonyl (C=O) groups is 1. The summed E-state index contributed by atoms with van der Waals surface area (Å²) in [6.07, 6.45) is 9.29. The Morgan fingerprint density at radius 2 is 1.95 bits per heavy atom. The molecule has 2 aromatic carbocycles. The van der Waals surface area contributed by atoms with Gasteiger partial charge in [-0.3, -0.25) is 4.79 Å². The number of aliphatic hydroxyl groups excluding tert-OH is 1. The lowest BCUT2D eigenvalue weighted by Gasteiger charge is -2.28. The van der Waals surface area contributed by atoms with Crippen LogP contribution >= 0.6 is 11.9 Å². The van der Waals surface area contributed by atoms with Crippen molar-refractivity contribution in [3.8, 4) is 0 Å². The summed E-state index contributed by atoms with van der Waals surface area (Å²) in [5.74, 6) is 0.887. The number of hydrogen-bond donors (Lipinski definition) is 3. The van der Waals surface area contributed by atoms with E-state index in [1.165, 1.54) is 30.2 Å². The highest BCUT2D eigenvalue weighted by molar-refractivity contribution is 8.00. The molecule has 198 valence electrons. The van der Waals surface area contributed by atoms with E-state index in [1.807, 2.05) is 30.3 Å². The third-order valence-corrected chi connectivity index (χ3v) is 8.91. The second kappa shape index (κ2) is 11.9. The summed E-state index contributed by atoms with van der Waals surface area (Å²) in [5.41, 5.74) is 5.29. The Bertz CT molecular complexity index is 1210. The van der Waals surface area contributed by atoms with E-state index >= 15 is 0 Å². The van der Waals surface area contributed by atoms with Gasteiger partial charge in [-0.15, -0.1) is 0 Å². The van der Waals surface area contributed by atoms with Crippen molar-refractivity contribution in [2.75, 3.05) is 23.7 Å². The van der Waals surface area contributed by atoms with Crippen LogP contribution in [-0.2, 0) is 19.4 Å². The second-order valence-corrected chi connectivity index (χ2v) is 11.7. The molecule has 2 atom stereocenters. The van der Waals surface area contributed by atoms with Crippen LogP contribution < -0.4 is 14.9 Å². The van der Waals surface area contributed by atoms with Gasteiger partial charge in [0.25, 0.3) is 5.91 Å². The minimum Gasteiger partial charge on any atom is -0.390 e. The van der Waals surface area contributed by atoms with Crippen molar-refractivity contribution in [3.63, 3.8) is 0 Å². The van der Waals surface area contributed by atoms with Gasteiger partial charge in [0.2, 0.25) is 0 Å². The molecule has 1 aliphatic carbocycles. The summed E-state index contributed by atoms with van der Waals surface area (Å²) in [4.78, 5) is 13.7. The van der Waals surface area contributed by atoms with Gasteiger partial charge in [-0.1, -0.05) is 49.6 Å². The van der Waals surface area contributed by atoms with Crippen molar-refractivity contribution >= 4 is 34.4 Å². The molecule has 2 aliphatic rings. The predicted octanol–water partition coefficient (Wildman–Crippen LogP) is 4.93. The van der Waals surface area contributed by atoms with Gasteiger partial charge >= 0.3 is 0 Å². The molecule has 0 radical (unpaired) electrons. The Hall–Kier alpha value is -2.48. The topological polar surface area (TPSA) is 69.5 Å². The Kier molecular flexibility index (Phi) is 8.43. The SMILES string of the molecule is CCn1cc2c3c(cc(C(=O)N[C@@H](Cc4ccccc4)[C@H](O)CNC4CCCCC4)cc31)N(C)SCC2. The molecule has 0 bridgehead atoms. The summed E-state index contributed by atoms with van der Waals surface area (Å²) in [6.45, 7) is 3.49. The van der Waals surface area contributed by atoms with Gasteiger partial charge in [0.15, 0.2) is 0 Å². The Labute approximate surface area is 224 Å². The van der Waals surface area contributed by atoms with E-state index in [0.717, 1.165) is 48.3 Å². The van der Waals surface area contributed by atoms with Crippen LogP contribution in [0.25, 0.3) is 10.9 Å². The number of nitrogens with zero attached hydrogens (tertiary/aromatic N) is 2. The van der Waals surface area contributed by atoms with Gasteiger partial charge in [0, 0.05) is 49.1 Å². The predicted molar refractivity (Wildman–Crippen MR) is 154 cm³/mol. The first-order valence-electron chi connectivity index (χ1n) is 13.8. The number of hydrogen-bond acceptors (Lipinski definition) is 5. The molecule has 1 fully saturated rings. The fourth-order valence-corrected chi connectivity index (χ4v) is 6.69. The first kappa shape index (κ1) is 26.1. The molecule has 6 nitrogen and oxygen atoms in total. The van der Waals surface area contributed by atoms with Crippen LogP contribution in [0, 0.1) is 0 Å². The molecule has 5 rings (SSSR count). The third kappa shape index (κ3) is 6.00. The Morgan fingerprint density at radius 3 is 2.70 bits per heavy atom. The lowest BCUT2D eigenvalue weighted by molar-refractivity contribution is 0.0821. The number of benzene rings is 2. The minimum absolute atomic E-state index is 0.135. The number of carbonyl (C=O) groups excluding carboxylic acids is 1. The van der Waals surface area contributed by atoms with E-state index in [0.29, 0.717) is 24.6 Å². The van der Waals surface area contributed by atoms with Crippen molar-refractivity contribution in [1.29, 1.82) is 0 Å². The molecular formula is C30H40N4O2S. The number of anilines is 1. The maximum Gasteiger partial charge on any atom is 0.251 e. The standard InChI is InChI=1S/C30H40N4O2S/c1-3-34-20-22-14-15-37-33(2)26-17-23(18-27(34)29(22)26)30(36)32-25(16-21-10-6-4-7-11-21)28(35)19-31-24-12-8-5-9-13-24/h4,6-7,10-11,17-18,20,24-25,28,31,35H,3,5,8-9,12-16,19H2,1-2H3,(H,32,36)/t25-,28+/m0/s1. The molecule has 1 saturated carbocycles. The van der Waals surface area contributed by atoms with Gasteiger partial charge in [0.05, 0.1) is 23.3 Å². The van der Waals surface area contributed by atoms with Gasteiger partial charge in [-0.25, -0.2) is 0 Å². The molecule has 7 heteroatoms. The molecule has 3 aromatic rings. The first-order valence-corrected chi connectivity index (χ1v) is 14.8. The average Bonchev–Trinajstić information content (AvgIpc) is 3.20. The van der Waals surface area contributed by atoms with E-state index < -0.39 is 6.10 Å². The molecule has 3 N–H and O–H groups in total. The molecule has 1 aliphatic heterocycles. The molecule has 1 amide bonds. The number of aromatic nitrogens is 1. The smallest absolute Gasteiger partial charge is 0.251 e. The average molecular weight is 521 g/mol. The van der Waals surface area contributed by atoms with Crippen LogP contribution in [0.2, 0.25) is 0 Å². The van der Waals surface area contributed by atoms with Crippen molar-refractivity contribution in [1.82, 2.24) is 15.2 Å².